The number of aryl methyl sites for hydroxylation is 1. The summed E-state index contributed by atoms with van der Waals surface area (Å²) in [5.74, 6) is 1.59. The number of hydrogen-bond acceptors (Lipinski definition) is 7. The molecule has 1 aliphatic rings. The molecule has 3 aromatic heterocycles. The number of benzene rings is 1. The minimum absolute atomic E-state index is 0.0276. The molecule has 4 aromatic rings. The van der Waals surface area contributed by atoms with E-state index in [-0.39, 0.29) is 11.8 Å². The second-order valence-corrected chi connectivity index (χ2v) is 7.93. The number of fused-ring (bicyclic) bond motifs is 1. The highest BCUT2D eigenvalue weighted by molar-refractivity contribution is 7.10. The number of carbonyl (C=O) groups is 1. The molecule has 5 rings (SSSR count). The van der Waals surface area contributed by atoms with Crippen molar-refractivity contribution in [2.24, 2.45) is 0 Å². The lowest BCUT2D eigenvalue weighted by Crippen LogP contribution is -2.25. The number of nitrogens with one attached hydrogen (secondary N) is 1. The van der Waals surface area contributed by atoms with Gasteiger partial charge in [-0.3, -0.25) is 4.79 Å². The Hall–Kier alpha value is -3.59. The van der Waals surface area contributed by atoms with Gasteiger partial charge in [0, 0.05) is 28.3 Å². The van der Waals surface area contributed by atoms with Crippen LogP contribution < -0.4 is 10.1 Å². The summed E-state index contributed by atoms with van der Waals surface area (Å²) in [4.78, 5) is 18.2. The Kier molecular flexibility index (Phi) is 4.51. The first kappa shape index (κ1) is 18.4. The van der Waals surface area contributed by atoms with Crippen LogP contribution in [0.25, 0.3) is 17.2 Å². The van der Waals surface area contributed by atoms with Crippen molar-refractivity contribution < 1.29 is 9.53 Å². The Morgan fingerprint density at radius 2 is 2.07 bits per heavy atom. The topological polar surface area (TPSA) is 94.8 Å². The molecule has 1 N–H and O–H groups in total. The zero-order valence-corrected chi connectivity index (χ0v) is 17.2. The fraction of sp³-hybridized carbons (Fsp3) is 0.190. The van der Waals surface area contributed by atoms with Gasteiger partial charge >= 0.3 is 0 Å². The van der Waals surface area contributed by atoms with Gasteiger partial charge in [0.1, 0.15) is 11.6 Å². The fourth-order valence-electron chi connectivity index (χ4n) is 3.71. The Morgan fingerprint density at radius 1 is 1.23 bits per heavy atom. The molecule has 0 saturated carbocycles. The van der Waals surface area contributed by atoms with Crippen LogP contribution in [-0.4, -0.2) is 38.0 Å². The average Bonchev–Trinajstić information content (AvgIpc) is 3.42. The predicted octanol–water partition coefficient (Wildman–Crippen LogP) is 3.58. The van der Waals surface area contributed by atoms with E-state index < -0.39 is 0 Å². The average molecular weight is 418 g/mol. The van der Waals surface area contributed by atoms with Crippen LogP contribution in [0.15, 0.2) is 48.0 Å². The standard InChI is InChI=1S/C21H18N6O2S/c1-12-19-15(17-4-3-9-30-17)10-18(28)24-20(19)27(26-12)21-23-16(11-22-25-21)13-5-7-14(29-2)8-6-13/h3-9,11,15H,10H2,1-2H3,(H,24,28)/t15-/m1/s1. The van der Waals surface area contributed by atoms with E-state index in [2.05, 4.69) is 31.7 Å². The lowest BCUT2D eigenvalue weighted by Gasteiger charge is -2.22. The van der Waals surface area contributed by atoms with Crippen molar-refractivity contribution in [3.05, 3.63) is 64.1 Å². The maximum atomic E-state index is 12.5. The Morgan fingerprint density at radius 3 is 2.80 bits per heavy atom. The van der Waals surface area contributed by atoms with Gasteiger partial charge in [-0.1, -0.05) is 6.07 Å². The number of ether oxygens (including phenoxy) is 1. The first-order chi connectivity index (χ1) is 14.6. The third-order valence-electron chi connectivity index (χ3n) is 5.11. The molecule has 1 aromatic carbocycles. The van der Waals surface area contributed by atoms with Gasteiger partial charge in [0.25, 0.3) is 5.95 Å². The number of nitrogens with zero attached hydrogens (tertiary/aromatic N) is 5. The molecule has 0 saturated heterocycles. The molecule has 0 radical (unpaired) electrons. The van der Waals surface area contributed by atoms with E-state index in [0.29, 0.717) is 23.9 Å². The van der Waals surface area contributed by atoms with Crippen LogP contribution in [0.3, 0.4) is 0 Å². The summed E-state index contributed by atoms with van der Waals surface area (Å²) in [6.45, 7) is 1.94. The largest absolute Gasteiger partial charge is 0.497 e. The molecular weight excluding hydrogens is 400 g/mol. The second-order valence-electron chi connectivity index (χ2n) is 6.95. The van der Waals surface area contributed by atoms with Crippen LogP contribution in [0.4, 0.5) is 5.82 Å². The van der Waals surface area contributed by atoms with E-state index in [0.717, 1.165) is 27.4 Å². The summed E-state index contributed by atoms with van der Waals surface area (Å²) < 4.78 is 6.78. The van der Waals surface area contributed by atoms with E-state index in [1.54, 1.807) is 29.3 Å². The van der Waals surface area contributed by atoms with Gasteiger partial charge in [-0.2, -0.15) is 14.9 Å². The first-order valence-corrected chi connectivity index (χ1v) is 10.3. The Bertz CT molecular complexity index is 1220. The van der Waals surface area contributed by atoms with Crippen molar-refractivity contribution in [1.82, 2.24) is 25.0 Å². The van der Waals surface area contributed by atoms with E-state index in [1.807, 2.05) is 42.6 Å². The maximum Gasteiger partial charge on any atom is 0.272 e. The van der Waals surface area contributed by atoms with Crippen molar-refractivity contribution in [1.29, 1.82) is 0 Å². The molecule has 4 heterocycles. The van der Waals surface area contributed by atoms with Crippen molar-refractivity contribution in [3.63, 3.8) is 0 Å². The lowest BCUT2D eigenvalue weighted by molar-refractivity contribution is -0.116. The molecule has 30 heavy (non-hydrogen) atoms. The molecule has 150 valence electrons. The molecular formula is C21H18N6O2S. The van der Waals surface area contributed by atoms with Crippen LogP contribution >= 0.6 is 11.3 Å². The van der Waals surface area contributed by atoms with Crippen LogP contribution in [-0.2, 0) is 4.79 Å². The van der Waals surface area contributed by atoms with Crippen molar-refractivity contribution in [3.8, 4) is 23.0 Å². The van der Waals surface area contributed by atoms with Gasteiger partial charge in [0.05, 0.1) is 24.7 Å². The molecule has 0 unspecified atom stereocenters. The second kappa shape index (κ2) is 7.34. The van der Waals surface area contributed by atoms with E-state index in [1.165, 1.54) is 0 Å². The zero-order valence-electron chi connectivity index (χ0n) is 16.4. The number of thiophene rings is 1. The Labute approximate surface area is 176 Å². The van der Waals surface area contributed by atoms with Crippen molar-refractivity contribution in [2.75, 3.05) is 12.4 Å². The molecule has 1 amide bonds. The molecule has 0 fully saturated rings. The molecule has 8 nitrogen and oxygen atoms in total. The van der Waals surface area contributed by atoms with Crippen LogP contribution in [0.1, 0.15) is 28.5 Å². The number of rotatable bonds is 4. The lowest BCUT2D eigenvalue weighted by atomic mass is 9.91. The summed E-state index contributed by atoms with van der Waals surface area (Å²) in [6, 6.07) is 11.6. The van der Waals surface area contributed by atoms with Crippen LogP contribution in [0.2, 0.25) is 0 Å². The highest BCUT2D eigenvalue weighted by Gasteiger charge is 2.33. The SMILES string of the molecule is COc1ccc(-c2cnnc(-n3nc(C)c4c3NC(=O)C[C@@H]4c3cccs3)n2)cc1. The molecule has 0 spiro atoms. The number of amides is 1. The number of hydrogen-bond donors (Lipinski definition) is 1. The molecule has 9 heteroatoms. The number of methoxy groups -OCH3 is 1. The monoisotopic (exact) mass is 418 g/mol. The van der Waals surface area contributed by atoms with Crippen molar-refractivity contribution >= 4 is 23.1 Å². The summed E-state index contributed by atoms with van der Waals surface area (Å²) in [6.07, 6.45) is 1.99. The van der Waals surface area contributed by atoms with Gasteiger partial charge < -0.3 is 10.1 Å². The molecule has 0 aliphatic carbocycles. The van der Waals surface area contributed by atoms with E-state index >= 15 is 0 Å². The smallest absolute Gasteiger partial charge is 0.272 e. The van der Waals surface area contributed by atoms with Gasteiger partial charge in [-0.15, -0.1) is 16.4 Å². The minimum Gasteiger partial charge on any atom is -0.497 e. The van der Waals surface area contributed by atoms with Crippen molar-refractivity contribution in [2.45, 2.75) is 19.3 Å². The summed E-state index contributed by atoms with van der Waals surface area (Å²) in [5, 5.41) is 17.9. The first-order valence-electron chi connectivity index (χ1n) is 9.41. The summed E-state index contributed by atoms with van der Waals surface area (Å²) in [7, 11) is 1.63. The zero-order chi connectivity index (χ0) is 20.7. The van der Waals surface area contributed by atoms with Gasteiger partial charge in [0.2, 0.25) is 5.91 Å². The Balaban J connectivity index is 1.59. The summed E-state index contributed by atoms with van der Waals surface area (Å²) >= 11 is 1.64. The number of anilines is 1. The van der Waals surface area contributed by atoms with Gasteiger partial charge in [-0.25, -0.2) is 4.98 Å². The summed E-state index contributed by atoms with van der Waals surface area (Å²) in [5.41, 5.74) is 3.36. The maximum absolute atomic E-state index is 12.5. The normalized spacial score (nSPS) is 15.5. The third-order valence-corrected chi connectivity index (χ3v) is 6.10. The molecule has 0 bridgehead atoms. The van der Waals surface area contributed by atoms with E-state index in [4.69, 9.17) is 4.74 Å². The fourth-order valence-corrected chi connectivity index (χ4v) is 4.55. The molecule has 1 aliphatic heterocycles. The minimum atomic E-state index is -0.0543. The highest BCUT2D eigenvalue weighted by Crippen LogP contribution is 2.41. The third kappa shape index (κ3) is 3.13. The van der Waals surface area contributed by atoms with Gasteiger partial charge in [-0.05, 0) is 42.6 Å². The van der Waals surface area contributed by atoms with Gasteiger partial charge in [0.15, 0.2) is 0 Å². The predicted molar refractivity (Wildman–Crippen MR) is 113 cm³/mol. The van der Waals surface area contributed by atoms with Crippen LogP contribution in [0.5, 0.6) is 5.75 Å². The van der Waals surface area contributed by atoms with Crippen LogP contribution in [0, 0.1) is 6.92 Å². The van der Waals surface area contributed by atoms with E-state index in [9.17, 15) is 4.79 Å². The highest BCUT2D eigenvalue weighted by atomic mass is 32.1. The number of aromatic nitrogens is 5. The quantitative estimate of drug-likeness (QED) is 0.544. The molecule has 1 atom stereocenters. The number of carbonyl (C=O) groups excluding carboxylic acids is 1.